The number of rotatable bonds is 0. The summed E-state index contributed by atoms with van der Waals surface area (Å²) in [4.78, 5) is 0. The zero-order valence-electron chi connectivity index (χ0n) is 4.00. The summed E-state index contributed by atoms with van der Waals surface area (Å²) in [7, 11) is 1.91. The molecule has 1 aliphatic rings. The van der Waals surface area contributed by atoms with Gasteiger partial charge < -0.3 is 0 Å². The van der Waals surface area contributed by atoms with Crippen molar-refractivity contribution in [2.24, 2.45) is 5.10 Å². The number of nitrogens with zero attached hydrogens (tertiary/aromatic N) is 3. The molecule has 40 valence electrons. The van der Waals surface area contributed by atoms with Crippen molar-refractivity contribution in [1.29, 1.82) is 0 Å². The highest BCUT2D eigenvalue weighted by molar-refractivity contribution is 9.07. The standard InChI is InChI=1S/C3H6BrN3/c1-6-3-7(4)2-5-6/h2H,3H2,1H3. The maximum absolute atomic E-state index is 3.90. The fourth-order valence-corrected chi connectivity index (χ4v) is 0.819. The van der Waals surface area contributed by atoms with E-state index in [0.29, 0.717) is 0 Å². The average molecular weight is 164 g/mol. The monoisotopic (exact) mass is 163 g/mol. The summed E-state index contributed by atoms with van der Waals surface area (Å²) in [6.07, 6.45) is 1.72. The summed E-state index contributed by atoms with van der Waals surface area (Å²) < 4.78 is 1.83. The van der Waals surface area contributed by atoms with E-state index in [1.54, 1.807) is 6.34 Å². The van der Waals surface area contributed by atoms with Crippen LogP contribution >= 0.6 is 16.1 Å². The minimum Gasteiger partial charge on any atom is -0.278 e. The van der Waals surface area contributed by atoms with Crippen molar-refractivity contribution in [3.63, 3.8) is 0 Å². The van der Waals surface area contributed by atoms with Gasteiger partial charge in [0.15, 0.2) is 0 Å². The third-order valence-corrected chi connectivity index (χ3v) is 1.12. The largest absolute Gasteiger partial charge is 0.278 e. The maximum Gasteiger partial charge on any atom is 0.123 e. The van der Waals surface area contributed by atoms with Crippen LogP contribution in [0.15, 0.2) is 5.10 Å². The third kappa shape index (κ3) is 1.06. The molecule has 0 aromatic heterocycles. The van der Waals surface area contributed by atoms with Gasteiger partial charge in [-0.15, -0.1) is 0 Å². The van der Waals surface area contributed by atoms with Crippen LogP contribution in [0.1, 0.15) is 0 Å². The lowest BCUT2D eigenvalue weighted by molar-refractivity contribution is 0.347. The van der Waals surface area contributed by atoms with E-state index >= 15 is 0 Å². The van der Waals surface area contributed by atoms with Crippen LogP contribution in [0.3, 0.4) is 0 Å². The van der Waals surface area contributed by atoms with Gasteiger partial charge in [0.1, 0.15) is 13.0 Å². The van der Waals surface area contributed by atoms with Gasteiger partial charge in [-0.3, -0.25) is 8.93 Å². The van der Waals surface area contributed by atoms with E-state index in [4.69, 9.17) is 0 Å². The fourth-order valence-electron chi connectivity index (χ4n) is 0.413. The molecule has 0 fully saturated rings. The highest BCUT2D eigenvalue weighted by Gasteiger charge is 2.03. The van der Waals surface area contributed by atoms with Crippen molar-refractivity contribution >= 4 is 22.5 Å². The first-order valence-corrected chi connectivity index (χ1v) is 2.67. The second kappa shape index (κ2) is 1.69. The number of hydrogen-bond donors (Lipinski definition) is 0. The summed E-state index contributed by atoms with van der Waals surface area (Å²) in [6, 6.07) is 0. The normalized spacial score (nSPS) is 19.1. The van der Waals surface area contributed by atoms with Crippen molar-refractivity contribution in [1.82, 2.24) is 8.93 Å². The van der Waals surface area contributed by atoms with Gasteiger partial charge in [0.05, 0.1) is 16.1 Å². The molecule has 0 bridgehead atoms. The average Bonchev–Trinajstić information content (AvgIpc) is 1.87. The highest BCUT2D eigenvalue weighted by atomic mass is 79.9. The van der Waals surface area contributed by atoms with Gasteiger partial charge in [0.2, 0.25) is 0 Å². The van der Waals surface area contributed by atoms with Gasteiger partial charge in [0, 0.05) is 7.05 Å². The molecule has 0 saturated heterocycles. The molecule has 0 aliphatic carbocycles. The molecule has 0 unspecified atom stereocenters. The van der Waals surface area contributed by atoms with Crippen molar-refractivity contribution < 1.29 is 0 Å². The summed E-state index contributed by atoms with van der Waals surface area (Å²) in [6.45, 7) is 0.833. The van der Waals surface area contributed by atoms with Gasteiger partial charge in [-0.05, 0) is 0 Å². The lowest BCUT2D eigenvalue weighted by atomic mass is 11.0. The second-order valence-corrected chi connectivity index (χ2v) is 2.34. The summed E-state index contributed by atoms with van der Waals surface area (Å²) >= 11 is 3.22. The Morgan fingerprint density at radius 2 is 2.57 bits per heavy atom. The van der Waals surface area contributed by atoms with E-state index in [2.05, 4.69) is 21.2 Å². The molecule has 0 amide bonds. The molecule has 0 spiro atoms. The molecule has 0 aromatic carbocycles. The van der Waals surface area contributed by atoms with Crippen LogP contribution in [0, 0.1) is 0 Å². The lowest BCUT2D eigenvalue weighted by Crippen LogP contribution is -2.14. The summed E-state index contributed by atoms with van der Waals surface area (Å²) in [5.41, 5.74) is 0. The van der Waals surface area contributed by atoms with Crippen molar-refractivity contribution in [3.05, 3.63) is 0 Å². The predicted octanol–water partition coefficient (Wildman–Crippen LogP) is 0.445. The van der Waals surface area contributed by atoms with Gasteiger partial charge in [-0.25, -0.2) is 0 Å². The van der Waals surface area contributed by atoms with Crippen LogP contribution in [0.2, 0.25) is 0 Å². The zero-order chi connectivity index (χ0) is 5.28. The molecule has 4 heteroatoms. The summed E-state index contributed by atoms with van der Waals surface area (Å²) in [5.74, 6) is 0. The molecule has 0 radical (unpaired) electrons. The Kier molecular flexibility index (Phi) is 1.19. The molecule has 0 saturated carbocycles. The Bertz CT molecular complexity index is 82.2. The predicted molar refractivity (Wildman–Crippen MR) is 31.9 cm³/mol. The third-order valence-electron chi connectivity index (χ3n) is 0.714. The van der Waals surface area contributed by atoms with Gasteiger partial charge in [-0.1, -0.05) is 0 Å². The van der Waals surface area contributed by atoms with Gasteiger partial charge in [-0.2, -0.15) is 5.10 Å². The minimum absolute atomic E-state index is 0.833. The molecule has 3 nitrogen and oxygen atoms in total. The quantitative estimate of drug-likeness (QED) is 0.484. The maximum atomic E-state index is 3.90. The van der Waals surface area contributed by atoms with Crippen LogP contribution < -0.4 is 0 Å². The van der Waals surface area contributed by atoms with Crippen LogP contribution in [0.5, 0.6) is 0 Å². The van der Waals surface area contributed by atoms with Crippen molar-refractivity contribution in [2.45, 2.75) is 0 Å². The molecule has 1 aliphatic heterocycles. The number of hydrogen-bond acceptors (Lipinski definition) is 3. The smallest absolute Gasteiger partial charge is 0.123 e. The highest BCUT2D eigenvalue weighted by Crippen LogP contribution is 2.01. The minimum atomic E-state index is 0.833. The molecule has 1 rings (SSSR count). The van der Waals surface area contributed by atoms with Crippen LogP contribution in [-0.4, -0.2) is 29.0 Å². The van der Waals surface area contributed by atoms with E-state index in [9.17, 15) is 0 Å². The fraction of sp³-hybridized carbons (Fsp3) is 0.667. The van der Waals surface area contributed by atoms with Crippen LogP contribution in [0.4, 0.5) is 0 Å². The molecule has 0 aromatic rings. The van der Waals surface area contributed by atoms with Crippen molar-refractivity contribution in [3.8, 4) is 0 Å². The van der Waals surface area contributed by atoms with E-state index in [0.717, 1.165) is 6.67 Å². The van der Waals surface area contributed by atoms with Gasteiger partial charge >= 0.3 is 0 Å². The molecule has 7 heavy (non-hydrogen) atoms. The molecule has 0 N–H and O–H groups in total. The Morgan fingerprint density at radius 1 is 1.86 bits per heavy atom. The van der Waals surface area contributed by atoms with Crippen LogP contribution in [0.25, 0.3) is 0 Å². The summed E-state index contributed by atoms with van der Waals surface area (Å²) in [5, 5.41) is 5.73. The van der Waals surface area contributed by atoms with E-state index in [1.807, 2.05) is 16.0 Å². The Balaban J connectivity index is 2.42. The number of halogens is 1. The zero-order valence-corrected chi connectivity index (χ0v) is 5.59. The number of hydrazone groups is 1. The van der Waals surface area contributed by atoms with Crippen molar-refractivity contribution in [2.75, 3.05) is 13.7 Å². The Hall–Kier alpha value is -0.250. The first-order chi connectivity index (χ1) is 3.29. The SMILES string of the molecule is CN1CN(Br)C=N1. The Morgan fingerprint density at radius 3 is 2.71 bits per heavy atom. The topological polar surface area (TPSA) is 18.8 Å². The molecular weight excluding hydrogens is 158 g/mol. The Labute approximate surface area is 50.9 Å². The molecule has 0 atom stereocenters. The lowest BCUT2D eigenvalue weighted by Gasteiger charge is -2.05. The van der Waals surface area contributed by atoms with Crippen LogP contribution in [-0.2, 0) is 0 Å². The van der Waals surface area contributed by atoms with Gasteiger partial charge in [0.25, 0.3) is 0 Å². The molecule has 1 heterocycles. The first kappa shape index (κ1) is 4.90. The molecular formula is C3H6BrN3. The first-order valence-electron chi connectivity index (χ1n) is 1.97. The van der Waals surface area contributed by atoms with E-state index < -0.39 is 0 Å². The van der Waals surface area contributed by atoms with E-state index in [-0.39, 0.29) is 0 Å². The van der Waals surface area contributed by atoms with E-state index in [1.165, 1.54) is 0 Å². The second-order valence-electron chi connectivity index (χ2n) is 1.43.